The van der Waals surface area contributed by atoms with Crippen molar-refractivity contribution in [1.82, 2.24) is 10.2 Å². The number of methoxy groups -OCH3 is 1. The molecule has 138 valence electrons. The van der Waals surface area contributed by atoms with Crippen molar-refractivity contribution in [3.8, 4) is 11.5 Å². The fraction of sp³-hybridized carbons (Fsp3) is 0.105. The summed E-state index contributed by atoms with van der Waals surface area (Å²) in [4.78, 5) is 11.9. The van der Waals surface area contributed by atoms with Crippen LogP contribution in [0.3, 0.4) is 0 Å². The molecule has 0 fully saturated rings. The highest BCUT2D eigenvalue weighted by molar-refractivity contribution is 7.16. The maximum Gasteiger partial charge on any atom is 0.264 e. The number of hydrogen-bond donors (Lipinski definition) is 1. The molecule has 2 aromatic carbocycles. The molecule has 8 heteroatoms. The molecule has 0 spiro atoms. The molecule has 0 unspecified atom stereocenters. The van der Waals surface area contributed by atoms with Gasteiger partial charge in [-0.1, -0.05) is 29.5 Å². The van der Waals surface area contributed by atoms with Crippen LogP contribution in [0.2, 0.25) is 0 Å². The number of hydrogen-bond acceptors (Lipinski definition) is 6. The molecule has 1 amide bonds. The third-order valence-corrected chi connectivity index (χ3v) is 4.21. The van der Waals surface area contributed by atoms with Crippen LogP contribution in [0.25, 0.3) is 12.2 Å². The molecule has 0 saturated carbocycles. The number of nitrogens with zero attached hydrogens (tertiary/aromatic N) is 2. The minimum Gasteiger partial charge on any atom is -0.497 e. The molecule has 0 bridgehead atoms. The predicted molar refractivity (Wildman–Crippen MR) is 102 cm³/mol. The van der Waals surface area contributed by atoms with Crippen LogP contribution >= 0.6 is 11.3 Å². The Labute approximate surface area is 159 Å². The van der Waals surface area contributed by atoms with Crippen molar-refractivity contribution in [3.63, 3.8) is 0 Å². The van der Waals surface area contributed by atoms with E-state index in [2.05, 4.69) is 15.5 Å². The first-order chi connectivity index (χ1) is 13.1. The van der Waals surface area contributed by atoms with E-state index in [4.69, 9.17) is 9.47 Å². The SMILES string of the molecule is COc1ccc(/C=C/c2nnc(NC(=O)COc3ccc(F)cc3)s2)cc1. The van der Waals surface area contributed by atoms with Gasteiger partial charge in [0.2, 0.25) is 5.13 Å². The molecule has 1 heterocycles. The number of aromatic nitrogens is 2. The van der Waals surface area contributed by atoms with Crippen LogP contribution in [0.4, 0.5) is 9.52 Å². The van der Waals surface area contributed by atoms with Crippen LogP contribution in [0.15, 0.2) is 48.5 Å². The van der Waals surface area contributed by atoms with Crippen molar-refractivity contribution >= 4 is 34.5 Å². The summed E-state index contributed by atoms with van der Waals surface area (Å²) in [7, 11) is 1.62. The van der Waals surface area contributed by atoms with Gasteiger partial charge in [0, 0.05) is 0 Å². The van der Waals surface area contributed by atoms with E-state index in [1.165, 1.54) is 35.6 Å². The molecule has 1 aromatic heterocycles. The molecule has 3 aromatic rings. The Morgan fingerprint density at radius 3 is 2.48 bits per heavy atom. The molecular weight excluding hydrogens is 369 g/mol. The molecule has 0 aliphatic carbocycles. The van der Waals surface area contributed by atoms with E-state index in [1.54, 1.807) is 7.11 Å². The highest BCUT2D eigenvalue weighted by Crippen LogP contribution is 2.19. The van der Waals surface area contributed by atoms with E-state index in [9.17, 15) is 9.18 Å². The Morgan fingerprint density at radius 2 is 1.78 bits per heavy atom. The number of benzene rings is 2. The van der Waals surface area contributed by atoms with Gasteiger partial charge in [0.15, 0.2) is 6.61 Å². The van der Waals surface area contributed by atoms with Gasteiger partial charge in [-0.05, 0) is 48.0 Å². The summed E-state index contributed by atoms with van der Waals surface area (Å²) >= 11 is 1.24. The van der Waals surface area contributed by atoms with Crippen LogP contribution < -0.4 is 14.8 Å². The topological polar surface area (TPSA) is 73.3 Å². The fourth-order valence-electron chi connectivity index (χ4n) is 2.07. The van der Waals surface area contributed by atoms with Crippen molar-refractivity contribution in [3.05, 3.63) is 64.9 Å². The van der Waals surface area contributed by atoms with Crippen LogP contribution in [0, 0.1) is 5.82 Å². The zero-order valence-corrected chi connectivity index (χ0v) is 15.2. The van der Waals surface area contributed by atoms with Gasteiger partial charge in [-0.15, -0.1) is 10.2 Å². The number of anilines is 1. The van der Waals surface area contributed by atoms with Crippen molar-refractivity contribution in [2.75, 3.05) is 19.0 Å². The van der Waals surface area contributed by atoms with Gasteiger partial charge < -0.3 is 9.47 Å². The van der Waals surface area contributed by atoms with Gasteiger partial charge in [0.25, 0.3) is 5.91 Å². The molecule has 3 rings (SSSR count). The minimum absolute atomic E-state index is 0.206. The standard InChI is InChI=1S/C19H16FN3O3S/c1-25-15-7-2-13(3-8-15)4-11-18-22-23-19(27-18)21-17(24)12-26-16-9-5-14(20)6-10-16/h2-11H,12H2,1H3,(H,21,23,24)/b11-4+. The Morgan fingerprint density at radius 1 is 1.07 bits per heavy atom. The normalized spacial score (nSPS) is 10.7. The van der Waals surface area contributed by atoms with Gasteiger partial charge >= 0.3 is 0 Å². The smallest absolute Gasteiger partial charge is 0.264 e. The van der Waals surface area contributed by atoms with Crippen molar-refractivity contribution in [2.24, 2.45) is 0 Å². The summed E-state index contributed by atoms with van der Waals surface area (Å²) in [5, 5.41) is 11.6. The second kappa shape index (κ2) is 8.91. The first kappa shape index (κ1) is 18.5. The highest BCUT2D eigenvalue weighted by Gasteiger charge is 2.08. The van der Waals surface area contributed by atoms with Crippen LogP contribution in [0.5, 0.6) is 11.5 Å². The summed E-state index contributed by atoms with van der Waals surface area (Å²) in [6.45, 7) is -0.206. The highest BCUT2D eigenvalue weighted by atomic mass is 32.1. The lowest BCUT2D eigenvalue weighted by molar-refractivity contribution is -0.118. The van der Waals surface area contributed by atoms with Crippen molar-refractivity contribution < 1.29 is 18.7 Å². The van der Waals surface area contributed by atoms with E-state index in [0.717, 1.165) is 11.3 Å². The fourth-order valence-corrected chi connectivity index (χ4v) is 2.73. The van der Waals surface area contributed by atoms with E-state index >= 15 is 0 Å². The molecule has 0 aliphatic rings. The van der Waals surface area contributed by atoms with Crippen LogP contribution in [0.1, 0.15) is 10.6 Å². The van der Waals surface area contributed by atoms with E-state index < -0.39 is 0 Å². The summed E-state index contributed by atoms with van der Waals surface area (Å²) in [5.74, 6) is 0.458. The molecular formula is C19H16FN3O3S. The Kier molecular flexibility index (Phi) is 6.11. The first-order valence-electron chi connectivity index (χ1n) is 7.96. The van der Waals surface area contributed by atoms with Gasteiger partial charge in [0.1, 0.15) is 22.3 Å². The van der Waals surface area contributed by atoms with E-state index in [1.807, 2.05) is 36.4 Å². The lowest BCUT2D eigenvalue weighted by Gasteiger charge is -2.05. The summed E-state index contributed by atoms with van der Waals surface area (Å²) in [6, 6.07) is 13.0. The number of amides is 1. The molecule has 6 nitrogen and oxygen atoms in total. The average molecular weight is 385 g/mol. The second-order valence-electron chi connectivity index (χ2n) is 5.34. The Balaban J connectivity index is 1.51. The molecule has 0 radical (unpaired) electrons. The van der Waals surface area contributed by atoms with Gasteiger partial charge in [0.05, 0.1) is 7.11 Å². The monoisotopic (exact) mass is 385 g/mol. The van der Waals surface area contributed by atoms with Gasteiger partial charge in [-0.25, -0.2) is 4.39 Å². The Hall–Kier alpha value is -3.26. The van der Waals surface area contributed by atoms with Crippen LogP contribution in [-0.4, -0.2) is 29.8 Å². The third kappa shape index (κ3) is 5.61. The molecule has 1 N–H and O–H groups in total. The lowest BCUT2D eigenvalue weighted by atomic mass is 10.2. The van der Waals surface area contributed by atoms with E-state index in [-0.39, 0.29) is 18.3 Å². The lowest BCUT2D eigenvalue weighted by Crippen LogP contribution is -2.20. The molecule has 0 saturated heterocycles. The molecule has 0 aliphatic heterocycles. The average Bonchev–Trinajstić information content (AvgIpc) is 3.13. The summed E-state index contributed by atoms with van der Waals surface area (Å²) < 4.78 is 23.2. The largest absolute Gasteiger partial charge is 0.497 e. The maximum atomic E-state index is 12.8. The number of nitrogens with one attached hydrogen (secondary N) is 1. The summed E-state index contributed by atoms with van der Waals surface area (Å²) in [5.41, 5.74) is 0.990. The Bertz CT molecular complexity index is 924. The molecule has 0 atom stereocenters. The zero-order chi connectivity index (χ0) is 19.1. The predicted octanol–water partition coefficient (Wildman–Crippen LogP) is 3.87. The number of carbonyl (C=O) groups excluding carboxylic acids is 1. The maximum absolute atomic E-state index is 12.8. The number of halogens is 1. The number of ether oxygens (including phenoxy) is 2. The molecule has 27 heavy (non-hydrogen) atoms. The third-order valence-electron chi connectivity index (χ3n) is 3.40. The number of rotatable bonds is 7. The van der Waals surface area contributed by atoms with Crippen LogP contribution in [-0.2, 0) is 4.79 Å². The first-order valence-corrected chi connectivity index (χ1v) is 8.78. The minimum atomic E-state index is -0.374. The van der Waals surface area contributed by atoms with Crippen molar-refractivity contribution in [1.29, 1.82) is 0 Å². The summed E-state index contributed by atoms with van der Waals surface area (Å²) in [6.07, 6.45) is 3.70. The van der Waals surface area contributed by atoms with Gasteiger partial charge in [-0.2, -0.15) is 0 Å². The van der Waals surface area contributed by atoms with E-state index in [0.29, 0.717) is 15.9 Å². The second-order valence-corrected chi connectivity index (χ2v) is 6.35. The zero-order valence-electron chi connectivity index (χ0n) is 14.4. The number of carbonyl (C=O) groups is 1. The van der Waals surface area contributed by atoms with Gasteiger partial charge in [-0.3, -0.25) is 10.1 Å². The van der Waals surface area contributed by atoms with Crippen molar-refractivity contribution in [2.45, 2.75) is 0 Å². The quantitative estimate of drug-likeness (QED) is 0.668.